The minimum Gasteiger partial charge on any atom is -0.392 e. The smallest absolute Gasteiger partial charge is 0.196 e. The van der Waals surface area contributed by atoms with Crippen LogP contribution in [0.5, 0.6) is 0 Å². The van der Waals surface area contributed by atoms with E-state index in [0.717, 1.165) is 11.1 Å². The standard InChI is InChI=1S/C17H26N2O4/c1-17(2,3)23-16(22)14(19-9-13(18)15(19)21)8-11-4-6-12(10-20)7-5-11/h4-8,13,15-16,20-22H,9-10,18H2,1-3H3/b14-8-/t13-,15?,16?/m0/s1. The van der Waals surface area contributed by atoms with Gasteiger partial charge >= 0.3 is 0 Å². The summed E-state index contributed by atoms with van der Waals surface area (Å²) in [6.07, 6.45) is -0.252. The summed E-state index contributed by atoms with van der Waals surface area (Å²) >= 11 is 0. The van der Waals surface area contributed by atoms with Gasteiger partial charge in [-0.3, -0.25) is 0 Å². The van der Waals surface area contributed by atoms with Gasteiger partial charge in [0.25, 0.3) is 0 Å². The summed E-state index contributed by atoms with van der Waals surface area (Å²) in [5.41, 5.74) is 7.31. The molecule has 1 heterocycles. The molecule has 1 saturated heterocycles. The fraction of sp³-hybridized carbons (Fsp3) is 0.529. The highest BCUT2D eigenvalue weighted by Gasteiger charge is 2.39. The summed E-state index contributed by atoms with van der Waals surface area (Å²) in [5.74, 6) is 0. The second-order valence-electron chi connectivity index (χ2n) is 6.78. The molecule has 2 rings (SSSR count). The van der Waals surface area contributed by atoms with Crippen LogP contribution in [0.4, 0.5) is 0 Å². The van der Waals surface area contributed by atoms with Crippen LogP contribution in [0.1, 0.15) is 31.9 Å². The third kappa shape index (κ3) is 4.53. The van der Waals surface area contributed by atoms with Crippen LogP contribution in [0.15, 0.2) is 30.0 Å². The molecule has 0 radical (unpaired) electrons. The normalized spacial score (nSPS) is 23.6. The van der Waals surface area contributed by atoms with Crippen molar-refractivity contribution in [1.29, 1.82) is 0 Å². The highest BCUT2D eigenvalue weighted by Crippen LogP contribution is 2.27. The molecule has 2 unspecified atom stereocenters. The van der Waals surface area contributed by atoms with E-state index in [0.29, 0.717) is 12.2 Å². The Morgan fingerprint density at radius 1 is 1.39 bits per heavy atom. The van der Waals surface area contributed by atoms with Crippen molar-refractivity contribution >= 4 is 6.08 Å². The van der Waals surface area contributed by atoms with Gasteiger partial charge in [-0.25, -0.2) is 0 Å². The molecule has 0 spiro atoms. The minimum absolute atomic E-state index is 0.0215. The molecule has 6 heteroatoms. The number of aliphatic hydroxyl groups is 3. The number of nitrogens with two attached hydrogens (primary N) is 1. The van der Waals surface area contributed by atoms with Crippen molar-refractivity contribution < 1.29 is 20.1 Å². The van der Waals surface area contributed by atoms with Gasteiger partial charge in [-0.05, 0) is 38.0 Å². The van der Waals surface area contributed by atoms with Crippen LogP contribution < -0.4 is 5.73 Å². The van der Waals surface area contributed by atoms with E-state index in [-0.39, 0.29) is 12.6 Å². The Morgan fingerprint density at radius 2 is 2.00 bits per heavy atom. The van der Waals surface area contributed by atoms with Crippen LogP contribution in [0.2, 0.25) is 0 Å². The molecule has 5 N–H and O–H groups in total. The summed E-state index contributed by atoms with van der Waals surface area (Å²) in [7, 11) is 0. The zero-order valence-electron chi connectivity index (χ0n) is 13.8. The molecule has 1 fully saturated rings. The monoisotopic (exact) mass is 322 g/mol. The summed E-state index contributed by atoms with van der Waals surface area (Å²) in [6, 6.07) is 6.94. The zero-order chi connectivity index (χ0) is 17.2. The number of rotatable bonds is 5. The third-order valence-corrected chi connectivity index (χ3v) is 3.64. The van der Waals surface area contributed by atoms with Crippen molar-refractivity contribution in [3.8, 4) is 0 Å². The van der Waals surface area contributed by atoms with Crippen molar-refractivity contribution in [2.24, 2.45) is 5.73 Å². The van der Waals surface area contributed by atoms with E-state index in [1.54, 1.807) is 23.1 Å². The van der Waals surface area contributed by atoms with E-state index in [2.05, 4.69) is 0 Å². The SMILES string of the molecule is CC(C)(C)OC(O)/C(=C/c1ccc(CO)cc1)N1C[C@H](N)C1O. The van der Waals surface area contributed by atoms with Gasteiger partial charge in [-0.1, -0.05) is 24.3 Å². The topological polar surface area (TPSA) is 99.2 Å². The summed E-state index contributed by atoms with van der Waals surface area (Å²) in [6.45, 7) is 5.98. The van der Waals surface area contributed by atoms with Crippen LogP contribution in [-0.2, 0) is 11.3 Å². The summed E-state index contributed by atoms with van der Waals surface area (Å²) in [5, 5.41) is 29.5. The van der Waals surface area contributed by atoms with Crippen molar-refractivity contribution in [2.75, 3.05) is 6.54 Å². The highest BCUT2D eigenvalue weighted by molar-refractivity contribution is 5.54. The van der Waals surface area contributed by atoms with Crippen molar-refractivity contribution in [2.45, 2.75) is 51.5 Å². The van der Waals surface area contributed by atoms with Gasteiger partial charge in [0, 0.05) is 6.54 Å². The molecule has 0 aromatic heterocycles. The Hall–Kier alpha value is -1.44. The number of nitrogens with zero attached hydrogens (tertiary/aromatic N) is 1. The van der Waals surface area contributed by atoms with Crippen LogP contribution >= 0.6 is 0 Å². The first kappa shape index (κ1) is 17.9. The van der Waals surface area contributed by atoms with Crippen LogP contribution in [0.25, 0.3) is 6.08 Å². The molecule has 1 aromatic carbocycles. The van der Waals surface area contributed by atoms with Crippen LogP contribution in [-0.4, -0.2) is 50.9 Å². The second-order valence-corrected chi connectivity index (χ2v) is 6.78. The Morgan fingerprint density at radius 3 is 2.43 bits per heavy atom. The first-order valence-electron chi connectivity index (χ1n) is 7.69. The number of ether oxygens (including phenoxy) is 1. The Labute approximate surface area is 136 Å². The second kappa shape index (κ2) is 6.98. The van der Waals surface area contributed by atoms with E-state index >= 15 is 0 Å². The molecule has 0 amide bonds. The average Bonchev–Trinajstić information content (AvgIpc) is 2.49. The summed E-state index contributed by atoms with van der Waals surface area (Å²) in [4.78, 5) is 1.63. The molecular weight excluding hydrogens is 296 g/mol. The van der Waals surface area contributed by atoms with Gasteiger partial charge in [0.2, 0.25) is 0 Å². The molecular formula is C17H26N2O4. The lowest BCUT2D eigenvalue weighted by atomic mass is 10.0. The van der Waals surface area contributed by atoms with Crippen LogP contribution in [0, 0.1) is 0 Å². The molecule has 0 aliphatic carbocycles. The number of benzene rings is 1. The molecule has 0 saturated carbocycles. The van der Waals surface area contributed by atoms with E-state index in [1.165, 1.54) is 0 Å². The molecule has 23 heavy (non-hydrogen) atoms. The van der Waals surface area contributed by atoms with E-state index in [1.807, 2.05) is 32.9 Å². The molecule has 0 bridgehead atoms. The van der Waals surface area contributed by atoms with Gasteiger partial charge in [-0.2, -0.15) is 0 Å². The number of hydrogen-bond acceptors (Lipinski definition) is 6. The predicted molar refractivity (Wildman–Crippen MR) is 87.9 cm³/mol. The van der Waals surface area contributed by atoms with Gasteiger partial charge in [-0.15, -0.1) is 0 Å². The maximum absolute atomic E-state index is 10.4. The van der Waals surface area contributed by atoms with E-state index in [4.69, 9.17) is 15.6 Å². The fourth-order valence-electron chi connectivity index (χ4n) is 2.36. The lowest BCUT2D eigenvalue weighted by molar-refractivity contribution is -0.173. The van der Waals surface area contributed by atoms with Crippen LogP contribution in [0.3, 0.4) is 0 Å². The number of likely N-dealkylation sites (tertiary alicyclic amines) is 1. The quantitative estimate of drug-likeness (QED) is 0.593. The first-order valence-corrected chi connectivity index (χ1v) is 7.69. The maximum atomic E-state index is 10.4. The van der Waals surface area contributed by atoms with E-state index in [9.17, 15) is 10.2 Å². The molecule has 1 aromatic rings. The Kier molecular flexibility index (Phi) is 5.44. The van der Waals surface area contributed by atoms with Gasteiger partial charge in [0.15, 0.2) is 6.29 Å². The molecule has 6 nitrogen and oxygen atoms in total. The maximum Gasteiger partial charge on any atom is 0.196 e. The minimum atomic E-state index is -1.17. The predicted octanol–water partition coefficient (Wildman–Crippen LogP) is 0.615. The Balaban J connectivity index is 2.26. The number of aliphatic hydroxyl groups excluding tert-OH is 3. The molecule has 1 aliphatic rings. The molecule has 128 valence electrons. The average molecular weight is 322 g/mol. The third-order valence-electron chi connectivity index (χ3n) is 3.64. The first-order chi connectivity index (χ1) is 10.7. The fourth-order valence-corrected chi connectivity index (χ4v) is 2.36. The zero-order valence-corrected chi connectivity index (χ0v) is 13.8. The van der Waals surface area contributed by atoms with Gasteiger partial charge in [0.05, 0.1) is 23.9 Å². The lowest BCUT2D eigenvalue weighted by Gasteiger charge is -2.47. The van der Waals surface area contributed by atoms with Crippen molar-refractivity contribution in [3.05, 3.63) is 41.1 Å². The van der Waals surface area contributed by atoms with Crippen molar-refractivity contribution in [3.63, 3.8) is 0 Å². The Bertz CT molecular complexity index is 551. The highest BCUT2D eigenvalue weighted by atomic mass is 16.6. The lowest BCUT2D eigenvalue weighted by Crippen LogP contribution is -2.64. The van der Waals surface area contributed by atoms with Gasteiger partial charge < -0.3 is 30.7 Å². The van der Waals surface area contributed by atoms with Gasteiger partial charge in [0.1, 0.15) is 6.23 Å². The molecule has 1 aliphatic heterocycles. The summed E-state index contributed by atoms with van der Waals surface area (Å²) < 4.78 is 5.61. The van der Waals surface area contributed by atoms with Crippen molar-refractivity contribution in [1.82, 2.24) is 4.90 Å². The van der Waals surface area contributed by atoms with E-state index < -0.39 is 18.1 Å². The number of hydrogen-bond donors (Lipinski definition) is 4. The molecule has 3 atom stereocenters. The largest absolute Gasteiger partial charge is 0.392 e.